The second kappa shape index (κ2) is 3.80. The van der Waals surface area contributed by atoms with Crippen LogP contribution in [0.5, 0.6) is 0 Å². The van der Waals surface area contributed by atoms with E-state index in [4.69, 9.17) is 11.6 Å². The van der Waals surface area contributed by atoms with E-state index in [1.54, 1.807) is 0 Å². The van der Waals surface area contributed by atoms with E-state index < -0.39 is 0 Å². The van der Waals surface area contributed by atoms with Crippen molar-refractivity contribution in [1.82, 2.24) is 0 Å². The second-order valence-corrected chi connectivity index (χ2v) is 3.70. The summed E-state index contributed by atoms with van der Waals surface area (Å²) < 4.78 is 0. The molecule has 0 heterocycles. The normalized spacial score (nSPS) is 21.3. The van der Waals surface area contributed by atoms with Crippen LogP contribution in [0.1, 0.15) is 12.0 Å². The lowest BCUT2D eigenvalue weighted by atomic mass is 10.00. The molecule has 0 saturated carbocycles. The smallest absolute Gasteiger partial charge is 0.0554 e. The molecule has 0 aliphatic heterocycles. The first-order valence-electron chi connectivity index (χ1n) is 4.44. The van der Waals surface area contributed by atoms with E-state index in [0.29, 0.717) is 0 Å². The van der Waals surface area contributed by atoms with Crippen LogP contribution in [0.3, 0.4) is 0 Å². The third kappa shape index (κ3) is 2.02. The summed E-state index contributed by atoms with van der Waals surface area (Å²) in [5.74, 6) is 0. The van der Waals surface area contributed by atoms with Gasteiger partial charge in [-0.3, -0.25) is 0 Å². The van der Waals surface area contributed by atoms with Gasteiger partial charge >= 0.3 is 0 Å². The van der Waals surface area contributed by atoms with Gasteiger partial charge in [-0.2, -0.15) is 0 Å². The molecule has 0 fully saturated rings. The Morgan fingerprint density at radius 3 is 2.54 bits per heavy atom. The maximum absolute atomic E-state index is 5.94. The van der Waals surface area contributed by atoms with Gasteiger partial charge in [0.25, 0.3) is 0 Å². The quantitative estimate of drug-likeness (QED) is 0.594. The highest BCUT2D eigenvalue weighted by Crippen LogP contribution is 2.22. The minimum atomic E-state index is 0.174. The molecule has 0 nitrogen and oxygen atoms in total. The average Bonchev–Trinajstić information content (AvgIpc) is 2.20. The summed E-state index contributed by atoms with van der Waals surface area (Å²) in [5, 5.41) is 0.174. The van der Waals surface area contributed by atoms with Crippen LogP contribution in [0.25, 0.3) is 5.57 Å². The molecule has 1 unspecified atom stereocenters. The number of allylic oxidation sites excluding steroid dienone is 4. The molecule has 2 rings (SSSR count). The Kier molecular flexibility index (Phi) is 2.51. The summed E-state index contributed by atoms with van der Waals surface area (Å²) in [6.45, 7) is 0. The van der Waals surface area contributed by atoms with E-state index in [-0.39, 0.29) is 5.38 Å². The lowest BCUT2D eigenvalue weighted by Crippen LogP contribution is -1.96. The van der Waals surface area contributed by atoms with Crippen molar-refractivity contribution in [1.29, 1.82) is 0 Å². The fourth-order valence-electron chi connectivity index (χ4n) is 1.44. The van der Waals surface area contributed by atoms with Crippen LogP contribution in [0.4, 0.5) is 0 Å². The van der Waals surface area contributed by atoms with Crippen molar-refractivity contribution in [3.05, 3.63) is 54.1 Å². The summed E-state index contributed by atoms with van der Waals surface area (Å²) in [4.78, 5) is 0. The minimum absolute atomic E-state index is 0.174. The maximum atomic E-state index is 5.94. The highest BCUT2D eigenvalue weighted by atomic mass is 35.5. The van der Waals surface area contributed by atoms with Crippen LogP contribution in [-0.4, -0.2) is 5.38 Å². The number of halogens is 1. The Labute approximate surface area is 83.5 Å². The molecule has 0 aromatic heterocycles. The van der Waals surface area contributed by atoms with E-state index in [9.17, 15) is 0 Å². The molecule has 66 valence electrons. The Balaban J connectivity index is 2.25. The summed E-state index contributed by atoms with van der Waals surface area (Å²) in [6, 6.07) is 10.4. The van der Waals surface area contributed by atoms with Crippen LogP contribution >= 0.6 is 11.6 Å². The molecular weight excluding hydrogens is 180 g/mol. The Morgan fingerprint density at radius 1 is 1.15 bits per heavy atom. The van der Waals surface area contributed by atoms with Crippen LogP contribution in [-0.2, 0) is 0 Å². The Morgan fingerprint density at radius 2 is 1.92 bits per heavy atom. The Hall–Kier alpha value is -1.01. The highest BCUT2D eigenvalue weighted by molar-refractivity contribution is 6.22. The van der Waals surface area contributed by atoms with Crippen molar-refractivity contribution in [2.45, 2.75) is 11.8 Å². The largest absolute Gasteiger partial charge is 0.118 e. The fourth-order valence-corrected chi connectivity index (χ4v) is 1.60. The van der Waals surface area contributed by atoms with Gasteiger partial charge in [0, 0.05) is 0 Å². The predicted octanol–water partition coefficient (Wildman–Crippen LogP) is 3.64. The van der Waals surface area contributed by atoms with Gasteiger partial charge in [0.1, 0.15) is 0 Å². The molecule has 1 heteroatoms. The van der Waals surface area contributed by atoms with E-state index >= 15 is 0 Å². The number of hydrogen-bond acceptors (Lipinski definition) is 0. The molecule has 0 spiro atoms. The van der Waals surface area contributed by atoms with Crippen molar-refractivity contribution in [2.75, 3.05) is 0 Å². The first kappa shape index (κ1) is 8.58. The van der Waals surface area contributed by atoms with E-state index in [1.165, 1.54) is 11.1 Å². The van der Waals surface area contributed by atoms with Gasteiger partial charge < -0.3 is 0 Å². The van der Waals surface area contributed by atoms with Crippen molar-refractivity contribution in [3.63, 3.8) is 0 Å². The molecule has 0 bridgehead atoms. The van der Waals surface area contributed by atoms with Crippen molar-refractivity contribution >= 4 is 17.2 Å². The zero-order valence-electron chi connectivity index (χ0n) is 7.28. The zero-order valence-corrected chi connectivity index (χ0v) is 8.04. The fraction of sp³-hybridized carbons (Fsp3) is 0.167. The van der Waals surface area contributed by atoms with Crippen LogP contribution in [0.15, 0.2) is 48.6 Å². The Bertz CT molecular complexity index is 335. The third-order valence-electron chi connectivity index (χ3n) is 2.15. The molecule has 1 aliphatic rings. The molecule has 0 saturated heterocycles. The molecule has 1 atom stereocenters. The molecule has 0 N–H and O–H groups in total. The highest BCUT2D eigenvalue weighted by Gasteiger charge is 2.05. The number of benzene rings is 1. The van der Waals surface area contributed by atoms with Gasteiger partial charge in [0.05, 0.1) is 5.38 Å². The summed E-state index contributed by atoms with van der Waals surface area (Å²) >= 11 is 5.94. The third-order valence-corrected chi connectivity index (χ3v) is 2.48. The monoisotopic (exact) mass is 190 g/mol. The predicted molar refractivity (Wildman–Crippen MR) is 57.8 cm³/mol. The van der Waals surface area contributed by atoms with Crippen molar-refractivity contribution in [2.24, 2.45) is 0 Å². The maximum Gasteiger partial charge on any atom is 0.0554 e. The van der Waals surface area contributed by atoms with Crippen LogP contribution in [0.2, 0.25) is 0 Å². The average molecular weight is 191 g/mol. The topological polar surface area (TPSA) is 0 Å². The first-order valence-corrected chi connectivity index (χ1v) is 4.88. The number of hydrogen-bond donors (Lipinski definition) is 0. The molecule has 13 heavy (non-hydrogen) atoms. The summed E-state index contributed by atoms with van der Waals surface area (Å²) in [6.07, 6.45) is 7.26. The minimum Gasteiger partial charge on any atom is -0.118 e. The zero-order chi connectivity index (χ0) is 9.10. The molecular formula is C12H11Cl. The summed E-state index contributed by atoms with van der Waals surface area (Å²) in [5.41, 5.74) is 2.54. The van der Waals surface area contributed by atoms with E-state index in [1.807, 2.05) is 12.1 Å². The van der Waals surface area contributed by atoms with Crippen molar-refractivity contribution in [3.8, 4) is 0 Å². The molecule has 1 aromatic carbocycles. The molecule has 1 aromatic rings. The molecule has 0 radical (unpaired) electrons. The SMILES string of the molecule is ClC1C=CC(c2ccccc2)=CC1. The van der Waals surface area contributed by atoms with Crippen LogP contribution in [0, 0.1) is 0 Å². The standard InChI is InChI=1S/C12H11Cl/c13-12-8-6-11(7-9-12)10-4-2-1-3-5-10/h1-8,12H,9H2. The molecule has 0 amide bonds. The van der Waals surface area contributed by atoms with Gasteiger partial charge in [-0.15, -0.1) is 11.6 Å². The lowest BCUT2D eigenvalue weighted by molar-refractivity contribution is 1.05. The summed E-state index contributed by atoms with van der Waals surface area (Å²) in [7, 11) is 0. The second-order valence-electron chi connectivity index (χ2n) is 3.14. The van der Waals surface area contributed by atoms with E-state index in [2.05, 4.69) is 36.4 Å². The first-order chi connectivity index (χ1) is 6.36. The van der Waals surface area contributed by atoms with Gasteiger partial charge in [-0.05, 0) is 17.6 Å². The lowest BCUT2D eigenvalue weighted by Gasteiger charge is -2.10. The number of rotatable bonds is 1. The van der Waals surface area contributed by atoms with Gasteiger partial charge in [0.15, 0.2) is 0 Å². The van der Waals surface area contributed by atoms with Gasteiger partial charge in [0.2, 0.25) is 0 Å². The van der Waals surface area contributed by atoms with E-state index in [0.717, 1.165) is 6.42 Å². The number of alkyl halides is 1. The van der Waals surface area contributed by atoms with Gasteiger partial charge in [-0.25, -0.2) is 0 Å². The molecule has 1 aliphatic carbocycles. The van der Waals surface area contributed by atoms with Crippen molar-refractivity contribution < 1.29 is 0 Å². The van der Waals surface area contributed by atoms with Crippen LogP contribution < -0.4 is 0 Å². The van der Waals surface area contributed by atoms with Gasteiger partial charge in [-0.1, -0.05) is 48.6 Å².